The molecule has 0 radical (unpaired) electrons. The number of hydrogen-bond donors (Lipinski definition) is 0. The van der Waals surface area contributed by atoms with E-state index in [1.54, 1.807) is 0 Å². The third kappa shape index (κ3) is 3.16. The molecule has 4 heteroatoms. The van der Waals surface area contributed by atoms with Crippen LogP contribution in [0.1, 0.15) is 105 Å². The Labute approximate surface area is 228 Å². The van der Waals surface area contributed by atoms with Gasteiger partial charge in [-0.2, -0.15) is 9.97 Å². The van der Waals surface area contributed by atoms with E-state index < -0.39 is 0 Å². The summed E-state index contributed by atoms with van der Waals surface area (Å²) in [6.45, 7) is 28.3. The molecule has 5 rings (SSSR count). The maximum atomic E-state index is 6.52. The molecule has 2 aromatic carbocycles. The van der Waals surface area contributed by atoms with Crippen LogP contribution in [0.15, 0.2) is 36.4 Å². The molecule has 0 bridgehead atoms. The van der Waals surface area contributed by atoms with Crippen LogP contribution in [0.3, 0.4) is 0 Å². The summed E-state index contributed by atoms with van der Waals surface area (Å²) in [6, 6.07) is 13.4. The van der Waals surface area contributed by atoms with E-state index >= 15 is 0 Å². The van der Waals surface area contributed by atoms with E-state index in [4.69, 9.17) is 16.6 Å². The summed E-state index contributed by atoms with van der Waals surface area (Å²) in [5.41, 5.74) is 7.82. The van der Waals surface area contributed by atoms with Gasteiger partial charge in [-0.15, -0.1) is 0 Å². The lowest BCUT2D eigenvalue weighted by molar-refractivity contribution is 0.125. The van der Waals surface area contributed by atoms with Crippen molar-refractivity contribution in [2.24, 2.45) is 10.8 Å². The summed E-state index contributed by atoms with van der Waals surface area (Å²) in [5, 5.41) is 0.223. The fraction of sp³-hybridized carbons (Fsp3) is 0.545. The van der Waals surface area contributed by atoms with Gasteiger partial charge in [0.1, 0.15) is 0 Å². The van der Waals surface area contributed by atoms with Crippen LogP contribution in [0.4, 0.5) is 0 Å². The molecule has 1 aromatic heterocycles. The fourth-order valence-corrected chi connectivity index (χ4v) is 7.17. The zero-order chi connectivity index (χ0) is 27.6. The third-order valence-corrected chi connectivity index (χ3v) is 12.3. The average molecular weight is 516 g/mol. The van der Waals surface area contributed by atoms with Gasteiger partial charge >= 0.3 is 0 Å². The van der Waals surface area contributed by atoms with Crippen LogP contribution in [-0.4, -0.2) is 15.0 Å². The summed E-state index contributed by atoms with van der Waals surface area (Å²) in [4.78, 5) is 14.1. The predicted octanol–water partition coefficient (Wildman–Crippen LogP) is 9.05. The van der Waals surface area contributed by atoms with E-state index in [0.717, 1.165) is 11.1 Å². The first-order valence-corrected chi connectivity index (χ1v) is 13.9. The largest absolute Gasteiger partial charge is 0.226 e. The SMILES string of the molecule is CC1(C)c2ccc(-c3nc(Cl)nc(-c4ccc5c(c4)C(C)(C)C(C)(C)C5(C)C)n3)cc2C(C)(C)C1(C)C. The van der Waals surface area contributed by atoms with Crippen molar-refractivity contribution < 1.29 is 0 Å². The molecule has 3 aromatic rings. The summed E-state index contributed by atoms with van der Waals surface area (Å²) in [5.74, 6) is 1.24. The summed E-state index contributed by atoms with van der Waals surface area (Å²) >= 11 is 6.52. The molecule has 3 nitrogen and oxygen atoms in total. The van der Waals surface area contributed by atoms with E-state index in [-0.39, 0.29) is 37.8 Å². The number of hydrogen-bond acceptors (Lipinski definition) is 3. The Bertz CT molecular complexity index is 1330. The highest BCUT2D eigenvalue weighted by Gasteiger charge is 2.57. The minimum absolute atomic E-state index is 0.00662. The normalized spacial score (nSPS) is 22.9. The average Bonchev–Trinajstić information content (AvgIpc) is 2.98. The molecule has 2 aliphatic rings. The van der Waals surface area contributed by atoms with Crippen molar-refractivity contribution in [3.63, 3.8) is 0 Å². The van der Waals surface area contributed by atoms with Gasteiger partial charge in [0, 0.05) is 11.1 Å². The molecule has 0 fully saturated rings. The lowest BCUT2D eigenvalue weighted by Crippen LogP contribution is -2.42. The Morgan fingerprint density at radius 1 is 0.459 bits per heavy atom. The highest BCUT2D eigenvalue weighted by molar-refractivity contribution is 6.28. The van der Waals surface area contributed by atoms with Crippen molar-refractivity contribution in [3.05, 3.63) is 63.9 Å². The van der Waals surface area contributed by atoms with Gasteiger partial charge in [-0.3, -0.25) is 0 Å². The van der Waals surface area contributed by atoms with Crippen molar-refractivity contribution in [1.82, 2.24) is 15.0 Å². The highest BCUT2D eigenvalue weighted by atomic mass is 35.5. The van der Waals surface area contributed by atoms with Crippen LogP contribution in [-0.2, 0) is 21.7 Å². The van der Waals surface area contributed by atoms with Gasteiger partial charge in [0.05, 0.1) is 0 Å². The van der Waals surface area contributed by atoms with E-state index in [9.17, 15) is 0 Å². The minimum atomic E-state index is 0.00662. The fourth-order valence-electron chi connectivity index (χ4n) is 7.01. The quantitative estimate of drug-likeness (QED) is 0.341. The molecule has 1 heterocycles. The van der Waals surface area contributed by atoms with Crippen LogP contribution in [0.5, 0.6) is 0 Å². The van der Waals surface area contributed by atoms with Crippen molar-refractivity contribution in [2.45, 2.75) is 105 Å². The van der Waals surface area contributed by atoms with Crippen molar-refractivity contribution in [3.8, 4) is 22.8 Å². The topological polar surface area (TPSA) is 38.7 Å². The minimum Gasteiger partial charge on any atom is -0.208 e. The maximum Gasteiger partial charge on any atom is 0.226 e. The number of fused-ring (bicyclic) bond motifs is 2. The second-order valence-electron chi connectivity index (χ2n) is 14.5. The standard InChI is InChI=1S/C33H42ClN3/c1-28(2)21-15-13-19(17-23(21)30(5,6)32(28,9)10)25-35-26(37-27(34)36-25)20-14-16-22-24(18-20)31(7,8)33(11,12)29(22,3)4/h13-18H,1-12H3. The van der Waals surface area contributed by atoms with Gasteiger partial charge < -0.3 is 0 Å². The first kappa shape index (κ1) is 26.4. The molecular formula is C33H42ClN3. The third-order valence-electron chi connectivity index (χ3n) is 12.1. The lowest BCUT2D eigenvalue weighted by atomic mass is 9.59. The molecule has 0 N–H and O–H groups in total. The predicted molar refractivity (Wildman–Crippen MR) is 155 cm³/mol. The van der Waals surface area contributed by atoms with Crippen molar-refractivity contribution in [1.29, 1.82) is 0 Å². The molecule has 0 unspecified atom stereocenters. The lowest BCUT2D eigenvalue weighted by Gasteiger charge is -2.44. The summed E-state index contributed by atoms with van der Waals surface area (Å²) in [7, 11) is 0. The van der Waals surface area contributed by atoms with Crippen molar-refractivity contribution >= 4 is 11.6 Å². The monoisotopic (exact) mass is 515 g/mol. The van der Waals surface area contributed by atoms with Crippen LogP contribution in [0.2, 0.25) is 5.28 Å². The van der Waals surface area contributed by atoms with Crippen LogP contribution in [0, 0.1) is 10.8 Å². The molecule has 0 amide bonds. The van der Waals surface area contributed by atoms with Crippen molar-refractivity contribution in [2.75, 3.05) is 0 Å². The Hall–Kier alpha value is -2.26. The zero-order valence-electron chi connectivity index (χ0n) is 24.7. The second-order valence-corrected chi connectivity index (χ2v) is 14.9. The molecule has 37 heavy (non-hydrogen) atoms. The van der Waals surface area contributed by atoms with Gasteiger partial charge in [-0.1, -0.05) is 107 Å². The first-order chi connectivity index (χ1) is 16.8. The van der Waals surface area contributed by atoms with E-state index in [1.807, 2.05) is 0 Å². The Morgan fingerprint density at radius 3 is 1.14 bits per heavy atom. The molecule has 0 aliphatic heterocycles. The Kier molecular flexibility index (Phi) is 5.30. The van der Waals surface area contributed by atoms with Crippen LogP contribution >= 0.6 is 11.6 Å². The first-order valence-electron chi connectivity index (χ1n) is 13.5. The van der Waals surface area contributed by atoms with E-state index in [2.05, 4.69) is 129 Å². The Morgan fingerprint density at radius 2 is 0.784 bits per heavy atom. The summed E-state index contributed by atoms with van der Waals surface area (Å²) < 4.78 is 0. The highest BCUT2D eigenvalue weighted by Crippen LogP contribution is 2.63. The zero-order valence-corrected chi connectivity index (χ0v) is 25.4. The number of benzene rings is 2. The number of halogens is 1. The van der Waals surface area contributed by atoms with Gasteiger partial charge in [0.25, 0.3) is 0 Å². The molecule has 0 spiro atoms. The molecular weight excluding hydrogens is 474 g/mol. The number of rotatable bonds is 2. The smallest absolute Gasteiger partial charge is 0.208 e. The number of nitrogens with zero attached hydrogens (tertiary/aromatic N) is 3. The van der Waals surface area contributed by atoms with Gasteiger partial charge in [0.2, 0.25) is 5.28 Å². The molecule has 0 atom stereocenters. The molecule has 196 valence electrons. The van der Waals surface area contributed by atoms with Gasteiger partial charge in [0.15, 0.2) is 11.6 Å². The summed E-state index contributed by atoms with van der Waals surface area (Å²) in [6.07, 6.45) is 0. The number of aromatic nitrogens is 3. The molecule has 0 saturated carbocycles. The molecule has 2 aliphatic carbocycles. The molecule has 0 saturated heterocycles. The van der Waals surface area contributed by atoms with E-state index in [1.165, 1.54) is 22.3 Å². The van der Waals surface area contributed by atoms with Crippen LogP contribution < -0.4 is 0 Å². The van der Waals surface area contributed by atoms with E-state index in [0.29, 0.717) is 11.6 Å². The van der Waals surface area contributed by atoms with Crippen LogP contribution in [0.25, 0.3) is 22.8 Å². The Balaban J connectivity index is 1.63. The van der Waals surface area contributed by atoms with Gasteiger partial charge in [-0.05, 0) is 78.5 Å². The van der Waals surface area contributed by atoms with Gasteiger partial charge in [-0.25, -0.2) is 4.98 Å². The maximum absolute atomic E-state index is 6.52. The second kappa shape index (κ2) is 7.44.